The van der Waals surface area contributed by atoms with Crippen LogP contribution >= 0.6 is 0 Å². The molecule has 0 saturated heterocycles. The molecule has 0 saturated carbocycles. The number of halogens is 4. The van der Waals surface area contributed by atoms with Crippen LogP contribution in [0.3, 0.4) is 0 Å². The van der Waals surface area contributed by atoms with Crippen molar-refractivity contribution in [2.24, 2.45) is 0 Å². The second-order valence-electron chi connectivity index (χ2n) is 7.96. The van der Waals surface area contributed by atoms with E-state index in [1.54, 1.807) is 19.1 Å². The van der Waals surface area contributed by atoms with Gasteiger partial charge in [0.1, 0.15) is 12.4 Å². The SMILES string of the molecule is [2H]C(NC(=O)c1cc(-c2ccc3nc(NC(=O)CO)cn3n2)c(C)nc1C)c1cc(C(F)(F)F)ccc1F. The maximum Gasteiger partial charge on any atom is 0.416 e. The molecule has 3 heterocycles. The van der Waals surface area contributed by atoms with Crippen molar-refractivity contribution in [1.82, 2.24) is 24.9 Å². The molecular weight excluding hydrogens is 496 g/mol. The number of anilines is 1. The number of hydrogen-bond acceptors (Lipinski definition) is 6. The molecule has 1 atom stereocenters. The van der Waals surface area contributed by atoms with Crippen LogP contribution in [0.2, 0.25) is 0 Å². The van der Waals surface area contributed by atoms with Gasteiger partial charge in [-0.15, -0.1) is 0 Å². The van der Waals surface area contributed by atoms with Gasteiger partial charge in [-0.05, 0) is 50.2 Å². The molecule has 192 valence electrons. The van der Waals surface area contributed by atoms with Crippen LogP contribution in [0.1, 0.15) is 34.2 Å². The first-order valence-corrected chi connectivity index (χ1v) is 10.7. The number of aromatic nitrogens is 4. The molecule has 0 spiro atoms. The van der Waals surface area contributed by atoms with Crippen LogP contribution < -0.4 is 10.6 Å². The summed E-state index contributed by atoms with van der Waals surface area (Å²) < 4.78 is 62.8. The average molecular weight is 517 g/mol. The quantitative estimate of drug-likeness (QED) is 0.337. The van der Waals surface area contributed by atoms with Crippen molar-refractivity contribution in [3.63, 3.8) is 0 Å². The smallest absolute Gasteiger partial charge is 0.387 e. The summed E-state index contributed by atoms with van der Waals surface area (Å²) in [5.41, 5.74) is 0.212. The van der Waals surface area contributed by atoms with Crippen molar-refractivity contribution >= 4 is 23.3 Å². The summed E-state index contributed by atoms with van der Waals surface area (Å²) in [6.07, 6.45) is -3.32. The van der Waals surface area contributed by atoms with Gasteiger partial charge in [0.25, 0.3) is 11.8 Å². The Morgan fingerprint density at radius 1 is 1.11 bits per heavy atom. The Morgan fingerprint density at radius 2 is 1.86 bits per heavy atom. The fourth-order valence-electron chi connectivity index (χ4n) is 3.53. The summed E-state index contributed by atoms with van der Waals surface area (Å²) in [4.78, 5) is 32.9. The van der Waals surface area contributed by atoms with Gasteiger partial charge in [-0.25, -0.2) is 13.9 Å². The molecule has 1 aromatic carbocycles. The summed E-state index contributed by atoms with van der Waals surface area (Å²) in [5, 5.41) is 17.9. The van der Waals surface area contributed by atoms with Crippen LogP contribution in [0.5, 0.6) is 0 Å². The molecule has 0 aliphatic heterocycles. The number of fused-ring (bicyclic) bond motifs is 1. The second kappa shape index (κ2) is 9.93. The van der Waals surface area contributed by atoms with Gasteiger partial charge in [0.2, 0.25) is 0 Å². The minimum Gasteiger partial charge on any atom is -0.387 e. The van der Waals surface area contributed by atoms with E-state index >= 15 is 0 Å². The summed E-state index contributed by atoms with van der Waals surface area (Å²) >= 11 is 0. The molecule has 4 rings (SSSR count). The highest BCUT2D eigenvalue weighted by molar-refractivity contribution is 5.96. The van der Waals surface area contributed by atoms with Crippen molar-refractivity contribution in [3.05, 3.63) is 76.5 Å². The molecule has 9 nitrogen and oxygen atoms in total. The Hall–Kier alpha value is -4.39. The third-order valence-corrected chi connectivity index (χ3v) is 5.34. The van der Waals surface area contributed by atoms with E-state index in [2.05, 4.69) is 25.7 Å². The summed E-state index contributed by atoms with van der Waals surface area (Å²) in [5.74, 6) is -2.40. The van der Waals surface area contributed by atoms with Crippen LogP contribution in [0.4, 0.5) is 23.4 Å². The van der Waals surface area contributed by atoms with E-state index in [0.717, 1.165) is 0 Å². The van der Waals surface area contributed by atoms with Crippen molar-refractivity contribution in [2.45, 2.75) is 26.5 Å². The number of rotatable bonds is 6. The maximum atomic E-state index is 14.2. The molecule has 0 bridgehead atoms. The lowest BCUT2D eigenvalue weighted by Gasteiger charge is -2.13. The van der Waals surface area contributed by atoms with E-state index < -0.39 is 48.1 Å². The van der Waals surface area contributed by atoms with Gasteiger partial charge in [0.15, 0.2) is 11.5 Å². The number of nitrogens with one attached hydrogen (secondary N) is 2. The maximum absolute atomic E-state index is 14.2. The zero-order valence-corrected chi connectivity index (χ0v) is 19.4. The minimum atomic E-state index is -4.74. The molecular formula is C24H20F4N6O3. The van der Waals surface area contributed by atoms with Gasteiger partial charge < -0.3 is 15.7 Å². The third-order valence-electron chi connectivity index (χ3n) is 5.34. The number of aliphatic hydroxyl groups is 1. The molecule has 4 aromatic rings. The van der Waals surface area contributed by atoms with Gasteiger partial charge >= 0.3 is 6.18 Å². The minimum absolute atomic E-state index is 0.0126. The number of hydrogen-bond donors (Lipinski definition) is 3. The normalized spacial score (nSPS) is 12.8. The molecule has 0 aliphatic carbocycles. The highest BCUT2D eigenvalue weighted by atomic mass is 19.4. The molecule has 3 N–H and O–H groups in total. The number of alkyl halides is 3. The lowest BCUT2D eigenvalue weighted by molar-refractivity contribution is -0.137. The van der Waals surface area contributed by atoms with Crippen LogP contribution in [0, 0.1) is 19.7 Å². The predicted molar refractivity (Wildman–Crippen MR) is 124 cm³/mol. The van der Waals surface area contributed by atoms with E-state index in [0.29, 0.717) is 40.8 Å². The Balaban J connectivity index is 1.63. The number of pyridine rings is 1. The lowest BCUT2D eigenvalue weighted by atomic mass is 10.0. The summed E-state index contributed by atoms with van der Waals surface area (Å²) in [7, 11) is 0. The number of imidazole rings is 1. The Labute approximate surface area is 208 Å². The van der Waals surface area contributed by atoms with Gasteiger partial charge in [0.05, 0.1) is 30.1 Å². The van der Waals surface area contributed by atoms with Crippen molar-refractivity contribution in [3.8, 4) is 11.3 Å². The second-order valence-corrected chi connectivity index (χ2v) is 7.96. The fraction of sp³-hybridized carbons (Fsp3) is 0.208. The largest absolute Gasteiger partial charge is 0.416 e. The monoisotopic (exact) mass is 517 g/mol. The van der Waals surface area contributed by atoms with Crippen LogP contribution in [0.15, 0.2) is 42.6 Å². The van der Waals surface area contributed by atoms with Crippen molar-refractivity contribution in [1.29, 1.82) is 0 Å². The highest BCUT2D eigenvalue weighted by Crippen LogP contribution is 2.30. The number of amides is 2. The predicted octanol–water partition coefficient (Wildman–Crippen LogP) is 3.43. The van der Waals surface area contributed by atoms with Crippen LogP contribution in [-0.4, -0.2) is 43.1 Å². The molecule has 13 heteroatoms. The fourth-order valence-corrected chi connectivity index (χ4v) is 3.53. The molecule has 3 aromatic heterocycles. The van der Waals surface area contributed by atoms with E-state index in [9.17, 15) is 27.2 Å². The van der Waals surface area contributed by atoms with E-state index in [1.807, 2.05) is 0 Å². The van der Waals surface area contributed by atoms with Crippen molar-refractivity contribution in [2.75, 3.05) is 11.9 Å². The Morgan fingerprint density at radius 3 is 2.57 bits per heavy atom. The number of carbonyl (C=O) groups is 2. The molecule has 2 amide bonds. The summed E-state index contributed by atoms with van der Waals surface area (Å²) in [6, 6.07) is 6.31. The molecule has 0 fully saturated rings. The van der Waals surface area contributed by atoms with Crippen molar-refractivity contribution < 1.29 is 33.6 Å². The molecule has 0 radical (unpaired) electrons. The molecule has 0 aliphatic rings. The summed E-state index contributed by atoms with van der Waals surface area (Å²) in [6.45, 7) is 0.688. The molecule has 37 heavy (non-hydrogen) atoms. The third kappa shape index (κ3) is 5.56. The van der Waals surface area contributed by atoms with Gasteiger partial charge in [0, 0.05) is 23.3 Å². The zero-order chi connectivity index (χ0) is 27.8. The number of benzene rings is 1. The van der Waals surface area contributed by atoms with Gasteiger partial charge in [-0.3, -0.25) is 14.6 Å². The lowest BCUT2D eigenvalue weighted by Crippen LogP contribution is -2.25. The van der Waals surface area contributed by atoms with E-state index in [4.69, 9.17) is 6.48 Å². The first-order valence-electron chi connectivity index (χ1n) is 11.3. The van der Waals surface area contributed by atoms with Gasteiger partial charge in [-0.1, -0.05) is 0 Å². The standard InChI is InChI=1S/C24H20F4N6O3/c1-12-16(19-5-6-21-31-20(10-34(21)33-19)32-22(36)11-35)8-17(13(2)30-12)23(37)29-9-14-7-15(24(26,27)28)3-4-18(14)25/h3-8,10,35H,9,11H2,1-2H3,(H,29,37)(H,32,36)/i9D. The van der Waals surface area contributed by atoms with Crippen LogP contribution in [-0.2, 0) is 17.5 Å². The van der Waals surface area contributed by atoms with E-state index in [1.165, 1.54) is 23.7 Å². The van der Waals surface area contributed by atoms with Crippen LogP contribution in [0.25, 0.3) is 16.9 Å². The first kappa shape index (κ1) is 24.3. The number of aliphatic hydroxyl groups excluding tert-OH is 1. The molecule has 1 unspecified atom stereocenters. The topological polar surface area (TPSA) is 122 Å². The highest BCUT2D eigenvalue weighted by Gasteiger charge is 2.31. The Kier molecular flexibility index (Phi) is 6.53. The number of nitrogens with zero attached hydrogens (tertiary/aromatic N) is 4. The number of carbonyl (C=O) groups excluding carboxylic acids is 2. The van der Waals surface area contributed by atoms with Gasteiger partial charge in [-0.2, -0.15) is 18.3 Å². The first-order chi connectivity index (χ1) is 17.9. The Bertz CT molecular complexity index is 1560. The zero-order valence-electron chi connectivity index (χ0n) is 20.4. The average Bonchev–Trinajstić information content (AvgIpc) is 3.24. The number of aryl methyl sites for hydroxylation is 2. The van der Waals surface area contributed by atoms with E-state index in [-0.39, 0.29) is 17.1 Å².